The van der Waals surface area contributed by atoms with Gasteiger partial charge in [-0.15, -0.1) is 0 Å². The summed E-state index contributed by atoms with van der Waals surface area (Å²) in [5.74, 6) is -1.74. The average molecular weight is 776 g/mol. The molecule has 0 aromatic heterocycles. The molecule has 55 heavy (non-hydrogen) atoms. The molecule has 0 fully saturated rings. The monoisotopic (exact) mass is 776 g/mol. The molecule has 8 heteroatoms. The number of carboxylic acids is 1. The Morgan fingerprint density at radius 3 is 1.51 bits per heavy atom. The average Bonchev–Trinajstić information content (AvgIpc) is 3.14. The predicted octanol–water partition coefficient (Wildman–Crippen LogP) is 10.9. The number of nitrogens with zero attached hydrogens (tertiary/aromatic N) is 1. The van der Waals surface area contributed by atoms with E-state index in [-0.39, 0.29) is 42.7 Å². The Hall–Kier alpha value is -2.45. The lowest BCUT2D eigenvalue weighted by Crippen LogP contribution is -2.55. The van der Waals surface area contributed by atoms with Gasteiger partial charge in [0.05, 0.1) is 40.3 Å². The van der Waals surface area contributed by atoms with Crippen molar-refractivity contribution in [2.24, 2.45) is 0 Å². The summed E-state index contributed by atoms with van der Waals surface area (Å²) in [6.07, 6.45) is 43.0. The fourth-order valence-electron chi connectivity index (χ4n) is 6.56. The maximum Gasteiger partial charge on any atom is 0.306 e. The second-order valence-electron chi connectivity index (χ2n) is 16.3. The van der Waals surface area contributed by atoms with Crippen molar-refractivity contribution in [3.63, 3.8) is 0 Å². The second-order valence-corrected chi connectivity index (χ2v) is 16.3. The van der Waals surface area contributed by atoms with E-state index >= 15 is 0 Å². The highest BCUT2D eigenvalue weighted by Crippen LogP contribution is 2.15. The lowest BCUT2D eigenvalue weighted by atomic mass is 10.0. The van der Waals surface area contributed by atoms with Crippen molar-refractivity contribution >= 4 is 17.9 Å². The van der Waals surface area contributed by atoms with Gasteiger partial charge in [-0.05, 0) is 44.9 Å². The summed E-state index contributed by atoms with van der Waals surface area (Å²) in [4.78, 5) is 36.9. The zero-order valence-electron chi connectivity index (χ0n) is 36.3. The molecule has 320 valence electrons. The van der Waals surface area contributed by atoms with Gasteiger partial charge in [0, 0.05) is 19.3 Å². The molecule has 0 saturated heterocycles. The van der Waals surface area contributed by atoms with Crippen LogP contribution in [0.4, 0.5) is 0 Å². The fourth-order valence-corrected chi connectivity index (χ4v) is 6.56. The summed E-state index contributed by atoms with van der Waals surface area (Å²) in [6, 6.07) is -0.726. The number of rotatable bonds is 40. The van der Waals surface area contributed by atoms with Gasteiger partial charge in [-0.3, -0.25) is 9.59 Å². The van der Waals surface area contributed by atoms with Gasteiger partial charge in [0.2, 0.25) is 0 Å². The first-order chi connectivity index (χ1) is 26.6. The summed E-state index contributed by atoms with van der Waals surface area (Å²) in [5.41, 5.74) is 0. The van der Waals surface area contributed by atoms with Crippen LogP contribution in [0.25, 0.3) is 0 Å². The molecule has 0 spiro atoms. The Balaban J connectivity index is 4.33. The third kappa shape index (κ3) is 36.9. The van der Waals surface area contributed by atoms with Crippen LogP contribution in [0.1, 0.15) is 194 Å². The first-order valence-electron chi connectivity index (χ1n) is 22.5. The minimum Gasteiger partial charge on any atom is -0.544 e. The van der Waals surface area contributed by atoms with Crippen LogP contribution < -0.4 is 5.11 Å². The van der Waals surface area contributed by atoms with E-state index in [9.17, 15) is 19.5 Å². The Morgan fingerprint density at radius 1 is 0.564 bits per heavy atom. The van der Waals surface area contributed by atoms with Gasteiger partial charge in [0.25, 0.3) is 0 Å². The van der Waals surface area contributed by atoms with E-state index in [4.69, 9.17) is 14.2 Å². The number of hydrogen-bond acceptors (Lipinski definition) is 7. The molecule has 0 amide bonds. The summed E-state index contributed by atoms with van der Waals surface area (Å²) in [7, 11) is 5.41. The highest BCUT2D eigenvalue weighted by atomic mass is 16.6. The molecule has 0 aliphatic rings. The number of esters is 2. The van der Waals surface area contributed by atoms with Crippen LogP contribution in [0.5, 0.6) is 0 Å². The number of hydrogen-bond donors (Lipinski definition) is 0. The number of carbonyl (C=O) groups excluding carboxylic acids is 3. The molecule has 0 N–H and O–H groups in total. The van der Waals surface area contributed by atoms with E-state index in [1.54, 1.807) is 21.1 Å². The quantitative estimate of drug-likeness (QED) is 0.0264. The Kier molecular flexibility index (Phi) is 36.7. The first-order valence-corrected chi connectivity index (χ1v) is 22.5. The van der Waals surface area contributed by atoms with Crippen LogP contribution in [-0.4, -0.2) is 75.5 Å². The first kappa shape index (κ1) is 52.6. The normalized spacial score (nSPS) is 13.3. The molecule has 0 aliphatic carbocycles. The summed E-state index contributed by atoms with van der Waals surface area (Å²) >= 11 is 0. The van der Waals surface area contributed by atoms with E-state index in [0.717, 1.165) is 64.2 Å². The van der Waals surface area contributed by atoms with Gasteiger partial charge in [-0.2, -0.15) is 0 Å². The maximum atomic E-state index is 12.7. The Labute approximate surface area is 338 Å². The second kappa shape index (κ2) is 38.4. The van der Waals surface area contributed by atoms with Gasteiger partial charge in [0.1, 0.15) is 12.6 Å². The molecule has 0 bridgehead atoms. The molecule has 8 nitrogen and oxygen atoms in total. The highest BCUT2D eigenvalue weighted by Gasteiger charge is 2.25. The molecule has 0 aliphatic heterocycles. The van der Waals surface area contributed by atoms with Crippen LogP contribution in [-0.2, 0) is 28.6 Å². The van der Waals surface area contributed by atoms with Crippen LogP contribution in [0.2, 0.25) is 0 Å². The zero-order chi connectivity index (χ0) is 40.7. The fraction of sp³-hybridized carbons (Fsp3) is 0.809. The van der Waals surface area contributed by atoms with Crippen molar-refractivity contribution in [1.82, 2.24) is 0 Å². The van der Waals surface area contributed by atoms with E-state index in [0.29, 0.717) is 12.8 Å². The van der Waals surface area contributed by atoms with E-state index in [1.165, 1.54) is 96.3 Å². The minimum atomic E-state index is -1.13. The van der Waals surface area contributed by atoms with Crippen LogP contribution >= 0.6 is 0 Å². The maximum absolute atomic E-state index is 12.7. The van der Waals surface area contributed by atoms with Crippen LogP contribution in [0, 0.1) is 0 Å². The number of carbonyl (C=O) groups is 3. The summed E-state index contributed by atoms with van der Waals surface area (Å²) in [6.45, 7) is 4.55. The number of ether oxygens (including phenoxy) is 3. The van der Waals surface area contributed by atoms with Gasteiger partial charge in [-0.25, -0.2) is 0 Å². The third-order valence-corrected chi connectivity index (χ3v) is 10.0. The lowest BCUT2D eigenvalue weighted by Gasteiger charge is -2.34. The molecule has 0 aromatic rings. The number of quaternary nitrogens is 1. The van der Waals surface area contributed by atoms with Gasteiger partial charge in [0.15, 0.2) is 6.10 Å². The lowest BCUT2D eigenvalue weighted by molar-refractivity contribution is -0.889. The van der Waals surface area contributed by atoms with Crippen LogP contribution in [0.3, 0.4) is 0 Å². The molecule has 0 heterocycles. The molecule has 0 radical (unpaired) electrons. The number of allylic oxidation sites excluding steroid dienone is 6. The molecule has 2 atom stereocenters. The number of aliphatic carboxylic acids is 1. The van der Waals surface area contributed by atoms with Crippen LogP contribution in [0.15, 0.2) is 36.5 Å². The summed E-state index contributed by atoms with van der Waals surface area (Å²) in [5, 5.41) is 11.6. The highest BCUT2D eigenvalue weighted by molar-refractivity contribution is 5.70. The Bertz CT molecular complexity index is 1000. The molecule has 0 rings (SSSR count). The zero-order valence-corrected chi connectivity index (χ0v) is 36.3. The van der Waals surface area contributed by atoms with Crippen molar-refractivity contribution in [3.05, 3.63) is 36.5 Å². The smallest absolute Gasteiger partial charge is 0.306 e. The summed E-state index contributed by atoms with van der Waals surface area (Å²) < 4.78 is 17.2. The van der Waals surface area contributed by atoms with Crippen molar-refractivity contribution in [3.8, 4) is 0 Å². The molecular weight excluding hydrogens is 691 g/mol. The number of carboxylic acid groups (broad SMARTS) is 1. The molecule has 0 saturated carbocycles. The SMILES string of the molecule is CC/C=C\C/C=C\C/C=C\CCCCCCCCCC(=O)OC(COCCC(C(=O)[O-])[N+](C)(C)C)COC(=O)CCCCCCCCCCCCCCCC. The van der Waals surface area contributed by atoms with Crippen molar-refractivity contribution in [2.75, 3.05) is 41.0 Å². The minimum absolute atomic E-state index is 0.0390. The number of unbranched alkanes of at least 4 members (excludes halogenated alkanes) is 20. The molecular formula is C47H85NO7. The van der Waals surface area contributed by atoms with Crippen molar-refractivity contribution < 1.29 is 38.2 Å². The molecule has 2 unspecified atom stereocenters. The van der Waals surface area contributed by atoms with E-state index in [2.05, 4.69) is 50.3 Å². The van der Waals surface area contributed by atoms with Gasteiger partial charge < -0.3 is 28.6 Å². The Morgan fingerprint density at radius 2 is 1.02 bits per heavy atom. The van der Waals surface area contributed by atoms with E-state index in [1.807, 2.05) is 0 Å². The van der Waals surface area contributed by atoms with Gasteiger partial charge in [-0.1, -0.05) is 166 Å². The topological polar surface area (TPSA) is 102 Å². The third-order valence-electron chi connectivity index (χ3n) is 10.0. The van der Waals surface area contributed by atoms with Crippen molar-refractivity contribution in [1.29, 1.82) is 0 Å². The standard InChI is InChI=1S/C47H85NO7/c1-6-8-10-12-14-16-18-20-22-23-24-26-28-30-32-34-36-38-46(50)55-43(41-53-40-39-44(47(51)52)48(3,4)5)42-54-45(49)37-35-33-31-29-27-25-21-19-17-15-13-11-9-7-2/h8,10,14,16,20,22,43-44H,6-7,9,11-13,15,17-19,21,23-42H2,1-5H3/b10-8-,16-14-,22-20-. The largest absolute Gasteiger partial charge is 0.544 e. The predicted molar refractivity (Wildman–Crippen MR) is 227 cm³/mol. The molecule has 0 aromatic carbocycles. The van der Waals surface area contributed by atoms with Gasteiger partial charge >= 0.3 is 11.9 Å². The van der Waals surface area contributed by atoms with E-state index < -0.39 is 18.1 Å². The number of likely N-dealkylation sites (N-methyl/N-ethyl adjacent to an activating group) is 1. The van der Waals surface area contributed by atoms with Crippen molar-refractivity contribution in [2.45, 2.75) is 206 Å².